The van der Waals surface area contributed by atoms with Crippen LogP contribution in [0.1, 0.15) is 0 Å². The van der Waals surface area contributed by atoms with Crippen LogP contribution in [-0.4, -0.2) is 21.9 Å². The molecule has 0 saturated carbocycles. The van der Waals surface area contributed by atoms with Crippen LogP contribution in [0.5, 0.6) is 6.01 Å². The summed E-state index contributed by atoms with van der Waals surface area (Å²) in [6.45, 7) is 0. The molecule has 1 aromatic heterocycles. The van der Waals surface area contributed by atoms with Crippen LogP contribution >= 0.6 is 0 Å². The van der Waals surface area contributed by atoms with Crippen LogP contribution in [0.4, 0.5) is 10.1 Å². The van der Waals surface area contributed by atoms with Gasteiger partial charge in [-0.1, -0.05) is 6.07 Å². The Morgan fingerprint density at radius 3 is 2.57 bits per heavy atom. The van der Waals surface area contributed by atoms with Gasteiger partial charge >= 0.3 is 6.01 Å². The van der Waals surface area contributed by atoms with E-state index in [2.05, 4.69) is 10.1 Å². The van der Waals surface area contributed by atoms with Crippen LogP contribution in [-0.2, 0) is 0 Å². The summed E-state index contributed by atoms with van der Waals surface area (Å²) in [5.74, 6) is 0.248. The zero-order valence-corrected chi connectivity index (χ0v) is 11.3. The Balaban J connectivity index is 2.16. The molecule has 0 unspecified atom stereocenters. The predicted octanol–water partition coefficient (Wildman–Crippen LogP) is 2.66. The third kappa shape index (κ3) is 2.55. The summed E-state index contributed by atoms with van der Waals surface area (Å²) < 4.78 is 19.8. The molecule has 5 nitrogen and oxygen atoms in total. The fourth-order valence-corrected chi connectivity index (χ4v) is 2.00. The fraction of sp³-hybridized carbons (Fsp3) is 0.0667. The first kappa shape index (κ1) is 13.1. The van der Waals surface area contributed by atoms with Gasteiger partial charge in [-0.3, -0.25) is 0 Å². The number of hydrogen-bond donors (Lipinski definition) is 1. The maximum atomic E-state index is 13.1. The summed E-state index contributed by atoms with van der Waals surface area (Å²) in [6.07, 6.45) is 0. The molecule has 0 saturated heterocycles. The van der Waals surface area contributed by atoms with E-state index in [-0.39, 0.29) is 11.8 Å². The van der Waals surface area contributed by atoms with Crippen molar-refractivity contribution in [2.45, 2.75) is 0 Å². The molecule has 2 aromatic carbocycles. The number of aromatic nitrogens is 3. The van der Waals surface area contributed by atoms with Crippen molar-refractivity contribution >= 4 is 5.69 Å². The van der Waals surface area contributed by atoms with Gasteiger partial charge in [-0.05, 0) is 42.5 Å². The van der Waals surface area contributed by atoms with Crippen LogP contribution in [0, 0.1) is 5.82 Å². The highest BCUT2D eigenvalue weighted by Gasteiger charge is 2.14. The molecule has 0 aliphatic carbocycles. The van der Waals surface area contributed by atoms with Gasteiger partial charge in [0.25, 0.3) is 0 Å². The molecule has 6 heteroatoms. The van der Waals surface area contributed by atoms with Gasteiger partial charge in [-0.25, -0.2) is 9.07 Å². The van der Waals surface area contributed by atoms with E-state index in [1.807, 2.05) is 12.1 Å². The SMILES string of the molecule is COc1nc(-c2ccc(F)cc2)n(-c2cccc(N)c2)n1. The van der Waals surface area contributed by atoms with Crippen LogP contribution in [0.25, 0.3) is 17.1 Å². The maximum absolute atomic E-state index is 13.1. The first-order valence-corrected chi connectivity index (χ1v) is 6.30. The molecule has 1 heterocycles. The van der Waals surface area contributed by atoms with Gasteiger partial charge in [0.1, 0.15) is 5.82 Å². The highest BCUT2D eigenvalue weighted by molar-refractivity contribution is 5.59. The second-order valence-electron chi connectivity index (χ2n) is 4.44. The Hall–Kier alpha value is -2.89. The van der Waals surface area contributed by atoms with E-state index in [0.29, 0.717) is 11.5 Å². The maximum Gasteiger partial charge on any atom is 0.336 e. The van der Waals surface area contributed by atoms with Gasteiger partial charge in [-0.2, -0.15) is 4.98 Å². The summed E-state index contributed by atoms with van der Waals surface area (Å²) in [6, 6.07) is 13.5. The lowest BCUT2D eigenvalue weighted by Crippen LogP contribution is -2.00. The van der Waals surface area contributed by atoms with Crippen molar-refractivity contribution in [3.63, 3.8) is 0 Å². The number of anilines is 1. The van der Waals surface area contributed by atoms with E-state index in [4.69, 9.17) is 10.5 Å². The number of ether oxygens (including phenoxy) is 1. The van der Waals surface area contributed by atoms with Gasteiger partial charge in [0, 0.05) is 11.3 Å². The molecule has 0 bridgehead atoms. The number of hydrogen-bond acceptors (Lipinski definition) is 4. The highest BCUT2D eigenvalue weighted by atomic mass is 19.1. The number of methoxy groups -OCH3 is 1. The lowest BCUT2D eigenvalue weighted by molar-refractivity contribution is 0.380. The highest BCUT2D eigenvalue weighted by Crippen LogP contribution is 2.24. The zero-order chi connectivity index (χ0) is 14.8. The molecule has 0 aliphatic heterocycles. The van der Waals surface area contributed by atoms with Gasteiger partial charge in [-0.15, -0.1) is 5.10 Å². The van der Waals surface area contributed by atoms with E-state index in [1.54, 1.807) is 28.9 Å². The molecule has 3 aromatic rings. The van der Waals surface area contributed by atoms with Crippen molar-refractivity contribution in [2.75, 3.05) is 12.8 Å². The summed E-state index contributed by atoms with van der Waals surface area (Å²) in [5, 5.41) is 4.27. The molecule has 0 radical (unpaired) electrons. The average molecular weight is 284 g/mol. The second kappa shape index (κ2) is 5.24. The number of rotatable bonds is 3. The van der Waals surface area contributed by atoms with Crippen LogP contribution in [0.15, 0.2) is 48.5 Å². The van der Waals surface area contributed by atoms with Crippen LogP contribution < -0.4 is 10.5 Å². The number of nitrogen functional groups attached to an aromatic ring is 1. The van der Waals surface area contributed by atoms with E-state index >= 15 is 0 Å². The average Bonchev–Trinajstić information content (AvgIpc) is 2.92. The largest absolute Gasteiger partial charge is 0.466 e. The first-order chi connectivity index (χ1) is 10.2. The molecule has 0 aliphatic rings. The molecule has 0 spiro atoms. The number of nitrogens with two attached hydrogens (primary N) is 1. The van der Waals surface area contributed by atoms with Crippen LogP contribution in [0.3, 0.4) is 0 Å². The molecule has 3 rings (SSSR count). The topological polar surface area (TPSA) is 66.0 Å². The molecular weight excluding hydrogens is 271 g/mol. The summed E-state index contributed by atoms with van der Waals surface area (Å²) in [5.41, 5.74) is 7.91. The molecule has 106 valence electrons. The third-order valence-electron chi connectivity index (χ3n) is 2.99. The van der Waals surface area contributed by atoms with Crippen LogP contribution in [0.2, 0.25) is 0 Å². The van der Waals surface area contributed by atoms with E-state index in [9.17, 15) is 4.39 Å². The van der Waals surface area contributed by atoms with E-state index < -0.39 is 0 Å². The molecule has 0 fully saturated rings. The normalized spacial score (nSPS) is 10.6. The second-order valence-corrected chi connectivity index (χ2v) is 4.44. The predicted molar refractivity (Wildman–Crippen MR) is 77.7 cm³/mol. The van der Waals surface area contributed by atoms with Gasteiger partial charge in [0.2, 0.25) is 0 Å². The van der Waals surface area contributed by atoms with Crippen molar-refractivity contribution < 1.29 is 9.13 Å². The summed E-state index contributed by atoms with van der Waals surface area (Å²) in [7, 11) is 1.49. The molecule has 0 atom stereocenters. The molecule has 2 N–H and O–H groups in total. The summed E-state index contributed by atoms with van der Waals surface area (Å²) in [4.78, 5) is 4.30. The number of halogens is 1. The summed E-state index contributed by atoms with van der Waals surface area (Å²) >= 11 is 0. The number of benzene rings is 2. The van der Waals surface area contributed by atoms with Crippen molar-refractivity contribution in [2.24, 2.45) is 0 Å². The van der Waals surface area contributed by atoms with Crippen molar-refractivity contribution in [1.29, 1.82) is 0 Å². The third-order valence-corrected chi connectivity index (χ3v) is 2.99. The van der Waals surface area contributed by atoms with E-state index in [0.717, 1.165) is 11.3 Å². The smallest absolute Gasteiger partial charge is 0.336 e. The minimum absolute atomic E-state index is 0.233. The van der Waals surface area contributed by atoms with Crippen molar-refractivity contribution in [3.8, 4) is 23.1 Å². The zero-order valence-electron chi connectivity index (χ0n) is 11.3. The first-order valence-electron chi connectivity index (χ1n) is 6.30. The molecular formula is C15H13FN4O. The Morgan fingerprint density at radius 1 is 1.14 bits per heavy atom. The van der Waals surface area contributed by atoms with Gasteiger partial charge < -0.3 is 10.5 Å². The quantitative estimate of drug-likeness (QED) is 0.751. The minimum atomic E-state index is -0.305. The van der Waals surface area contributed by atoms with Gasteiger partial charge in [0.15, 0.2) is 5.82 Å². The Labute approximate surface area is 120 Å². The minimum Gasteiger partial charge on any atom is -0.466 e. The fourth-order valence-electron chi connectivity index (χ4n) is 2.00. The Morgan fingerprint density at radius 2 is 1.90 bits per heavy atom. The molecule has 0 amide bonds. The van der Waals surface area contributed by atoms with E-state index in [1.165, 1.54) is 19.2 Å². The standard InChI is InChI=1S/C15H13FN4O/c1-21-15-18-14(10-5-7-11(16)8-6-10)20(19-15)13-4-2-3-12(17)9-13/h2-9H,17H2,1H3. The molecule has 21 heavy (non-hydrogen) atoms. The number of nitrogens with zero attached hydrogens (tertiary/aromatic N) is 3. The van der Waals surface area contributed by atoms with Crippen molar-refractivity contribution in [1.82, 2.24) is 14.8 Å². The van der Waals surface area contributed by atoms with Crippen molar-refractivity contribution in [3.05, 3.63) is 54.3 Å². The lowest BCUT2D eigenvalue weighted by Gasteiger charge is -2.06. The Bertz CT molecular complexity index is 768. The monoisotopic (exact) mass is 284 g/mol. The Kier molecular flexibility index (Phi) is 3.27. The lowest BCUT2D eigenvalue weighted by atomic mass is 10.2. The van der Waals surface area contributed by atoms with Gasteiger partial charge in [0.05, 0.1) is 12.8 Å².